The van der Waals surface area contributed by atoms with Crippen LogP contribution in [0.2, 0.25) is 0 Å². The number of amides is 1. The third-order valence-electron chi connectivity index (χ3n) is 5.63. The van der Waals surface area contributed by atoms with E-state index in [1.54, 1.807) is 6.20 Å². The van der Waals surface area contributed by atoms with Gasteiger partial charge in [0, 0.05) is 17.8 Å². The lowest BCUT2D eigenvalue weighted by Gasteiger charge is -2.17. The fourth-order valence-electron chi connectivity index (χ4n) is 4.00. The minimum absolute atomic E-state index is 0.0694. The predicted octanol–water partition coefficient (Wildman–Crippen LogP) is 4.31. The van der Waals surface area contributed by atoms with Gasteiger partial charge in [-0.05, 0) is 53.6 Å². The van der Waals surface area contributed by atoms with Gasteiger partial charge in [0.15, 0.2) is 0 Å². The number of carboxylic acid groups (broad SMARTS) is 1. The minimum atomic E-state index is -1.09. The zero-order valence-corrected chi connectivity index (χ0v) is 17.2. The Bertz CT molecular complexity index is 1050. The molecule has 1 aromatic heterocycles. The number of aliphatic carboxylic acids is 1. The number of benzene rings is 2. The minimum Gasteiger partial charge on any atom is -0.480 e. The molecule has 1 amide bonds. The van der Waals surface area contributed by atoms with Crippen LogP contribution in [0.1, 0.15) is 34.7 Å². The molecule has 0 saturated heterocycles. The molecule has 31 heavy (non-hydrogen) atoms. The van der Waals surface area contributed by atoms with E-state index in [0.717, 1.165) is 33.5 Å². The van der Waals surface area contributed by atoms with Gasteiger partial charge in [-0.3, -0.25) is 4.98 Å². The van der Waals surface area contributed by atoms with E-state index in [1.165, 1.54) is 0 Å². The zero-order valence-electron chi connectivity index (χ0n) is 17.2. The first kappa shape index (κ1) is 20.6. The van der Waals surface area contributed by atoms with E-state index in [1.807, 2.05) is 55.5 Å². The van der Waals surface area contributed by atoms with Crippen LogP contribution in [0.3, 0.4) is 0 Å². The molecule has 2 N–H and O–H groups in total. The molecule has 4 rings (SSSR count). The monoisotopic (exact) mass is 416 g/mol. The van der Waals surface area contributed by atoms with Gasteiger partial charge in [0.25, 0.3) is 0 Å². The number of hydrogen-bond donors (Lipinski definition) is 2. The summed E-state index contributed by atoms with van der Waals surface area (Å²) in [6.45, 7) is 2.04. The number of alkyl carbamates (subject to hydrolysis) is 1. The van der Waals surface area contributed by atoms with Crippen molar-refractivity contribution < 1.29 is 19.4 Å². The lowest BCUT2D eigenvalue weighted by Crippen LogP contribution is -2.41. The van der Waals surface area contributed by atoms with Crippen molar-refractivity contribution in [3.8, 4) is 11.1 Å². The molecule has 0 fully saturated rings. The van der Waals surface area contributed by atoms with Gasteiger partial charge in [-0.25, -0.2) is 9.59 Å². The molecule has 1 atom stereocenters. The quantitative estimate of drug-likeness (QED) is 0.599. The summed E-state index contributed by atoms with van der Waals surface area (Å²) in [4.78, 5) is 28.2. The van der Waals surface area contributed by atoms with Gasteiger partial charge < -0.3 is 15.2 Å². The van der Waals surface area contributed by atoms with Gasteiger partial charge >= 0.3 is 12.1 Å². The van der Waals surface area contributed by atoms with Crippen LogP contribution < -0.4 is 5.32 Å². The first-order chi connectivity index (χ1) is 15.0. The molecule has 0 aliphatic heterocycles. The van der Waals surface area contributed by atoms with Crippen LogP contribution in [-0.2, 0) is 16.0 Å². The predicted molar refractivity (Wildman–Crippen MR) is 117 cm³/mol. The Morgan fingerprint density at radius 2 is 1.68 bits per heavy atom. The average Bonchev–Trinajstić information content (AvgIpc) is 3.10. The number of ether oxygens (including phenoxy) is 1. The van der Waals surface area contributed by atoms with Gasteiger partial charge in [0.05, 0.1) is 0 Å². The standard InChI is InChI=1S/C25H24N2O4/c1-16-10-11-17(14-26-16)12-13-23(24(28)29)27-25(30)31-15-22-20-8-4-2-6-18(20)19-7-3-5-9-21(19)22/h2-11,14,22-23H,12-13,15H2,1H3,(H,27,30)(H,28,29)/t23-/m1/s1. The van der Waals surface area contributed by atoms with E-state index < -0.39 is 18.1 Å². The van der Waals surface area contributed by atoms with Crippen molar-refractivity contribution in [1.29, 1.82) is 0 Å². The van der Waals surface area contributed by atoms with Gasteiger partial charge in [-0.15, -0.1) is 0 Å². The number of aromatic nitrogens is 1. The zero-order chi connectivity index (χ0) is 21.8. The Labute approximate surface area is 180 Å². The fraction of sp³-hybridized carbons (Fsp3) is 0.240. The molecule has 0 unspecified atom stereocenters. The third kappa shape index (κ3) is 4.58. The van der Waals surface area contributed by atoms with Gasteiger partial charge in [-0.2, -0.15) is 0 Å². The summed E-state index contributed by atoms with van der Waals surface area (Å²) < 4.78 is 5.46. The highest BCUT2D eigenvalue weighted by Crippen LogP contribution is 2.44. The summed E-state index contributed by atoms with van der Waals surface area (Å²) in [5, 5.41) is 12.0. The number of carbonyl (C=O) groups is 2. The summed E-state index contributed by atoms with van der Waals surface area (Å²) in [6.07, 6.45) is 1.75. The summed E-state index contributed by atoms with van der Waals surface area (Å²) in [7, 11) is 0. The van der Waals surface area contributed by atoms with Crippen LogP contribution in [-0.4, -0.2) is 34.8 Å². The first-order valence-electron chi connectivity index (χ1n) is 10.3. The van der Waals surface area contributed by atoms with Crippen LogP contribution in [0.15, 0.2) is 66.9 Å². The molecule has 0 saturated carbocycles. The topological polar surface area (TPSA) is 88.5 Å². The van der Waals surface area contributed by atoms with Crippen molar-refractivity contribution in [2.45, 2.75) is 31.7 Å². The Hall–Kier alpha value is -3.67. The number of carboxylic acids is 1. The number of aryl methyl sites for hydroxylation is 2. The SMILES string of the molecule is Cc1ccc(CC[C@@H](NC(=O)OCC2c3ccccc3-c3ccccc32)C(=O)O)cn1. The second-order valence-corrected chi connectivity index (χ2v) is 7.71. The Kier molecular flexibility index (Phi) is 5.98. The molecular formula is C25H24N2O4. The molecule has 158 valence electrons. The Balaban J connectivity index is 1.38. The normalized spacial score (nSPS) is 13.2. The molecule has 6 nitrogen and oxygen atoms in total. The van der Waals surface area contributed by atoms with Gasteiger partial charge in [0.1, 0.15) is 12.6 Å². The van der Waals surface area contributed by atoms with E-state index in [-0.39, 0.29) is 18.9 Å². The summed E-state index contributed by atoms with van der Waals surface area (Å²) in [5.74, 6) is -1.16. The molecule has 3 aromatic rings. The van der Waals surface area contributed by atoms with Crippen molar-refractivity contribution in [3.63, 3.8) is 0 Å². The summed E-state index contributed by atoms with van der Waals surface area (Å²) >= 11 is 0. The van der Waals surface area contributed by atoms with E-state index in [2.05, 4.69) is 22.4 Å². The molecule has 0 bridgehead atoms. The lowest BCUT2D eigenvalue weighted by molar-refractivity contribution is -0.139. The van der Waals surface area contributed by atoms with Crippen LogP contribution in [0, 0.1) is 6.92 Å². The second-order valence-electron chi connectivity index (χ2n) is 7.71. The summed E-state index contributed by atoms with van der Waals surface area (Å²) in [5.41, 5.74) is 6.32. The van der Waals surface area contributed by atoms with Crippen molar-refractivity contribution in [3.05, 3.63) is 89.2 Å². The van der Waals surface area contributed by atoms with Crippen molar-refractivity contribution >= 4 is 12.1 Å². The van der Waals surface area contributed by atoms with Crippen LogP contribution in [0.25, 0.3) is 11.1 Å². The molecule has 0 spiro atoms. The molecule has 1 aliphatic rings. The summed E-state index contributed by atoms with van der Waals surface area (Å²) in [6, 6.07) is 18.9. The van der Waals surface area contributed by atoms with Crippen LogP contribution >= 0.6 is 0 Å². The maximum atomic E-state index is 12.4. The molecular weight excluding hydrogens is 392 g/mol. The highest BCUT2D eigenvalue weighted by atomic mass is 16.5. The average molecular weight is 416 g/mol. The number of hydrogen-bond acceptors (Lipinski definition) is 4. The van der Waals surface area contributed by atoms with Crippen LogP contribution in [0.5, 0.6) is 0 Å². The number of nitrogens with one attached hydrogen (secondary N) is 1. The highest BCUT2D eigenvalue weighted by molar-refractivity contribution is 5.81. The molecule has 0 radical (unpaired) electrons. The van der Waals surface area contributed by atoms with Crippen molar-refractivity contribution in [1.82, 2.24) is 10.3 Å². The lowest BCUT2D eigenvalue weighted by atomic mass is 9.98. The van der Waals surface area contributed by atoms with Crippen LogP contribution in [0.4, 0.5) is 4.79 Å². The number of fused-ring (bicyclic) bond motifs is 3. The van der Waals surface area contributed by atoms with Crippen molar-refractivity contribution in [2.24, 2.45) is 0 Å². The Morgan fingerprint density at radius 1 is 1.03 bits per heavy atom. The maximum absolute atomic E-state index is 12.4. The number of rotatable bonds is 7. The smallest absolute Gasteiger partial charge is 0.407 e. The van der Waals surface area contributed by atoms with E-state index >= 15 is 0 Å². The third-order valence-corrected chi connectivity index (χ3v) is 5.63. The van der Waals surface area contributed by atoms with Gasteiger partial charge in [-0.1, -0.05) is 54.6 Å². The largest absolute Gasteiger partial charge is 0.480 e. The number of pyridine rings is 1. The fourth-order valence-corrected chi connectivity index (χ4v) is 4.00. The number of carbonyl (C=O) groups excluding carboxylic acids is 1. The van der Waals surface area contributed by atoms with E-state index in [9.17, 15) is 14.7 Å². The maximum Gasteiger partial charge on any atom is 0.407 e. The second kappa shape index (κ2) is 9.00. The molecule has 2 aromatic carbocycles. The van der Waals surface area contributed by atoms with Crippen molar-refractivity contribution in [2.75, 3.05) is 6.61 Å². The van der Waals surface area contributed by atoms with E-state index in [0.29, 0.717) is 6.42 Å². The van der Waals surface area contributed by atoms with E-state index in [4.69, 9.17) is 4.74 Å². The Morgan fingerprint density at radius 3 is 2.26 bits per heavy atom. The number of nitrogens with zero attached hydrogens (tertiary/aromatic N) is 1. The molecule has 1 heterocycles. The molecule has 6 heteroatoms. The van der Waals surface area contributed by atoms with Gasteiger partial charge in [0.2, 0.25) is 0 Å². The first-order valence-corrected chi connectivity index (χ1v) is 10.3. The highest BCUT2D eigenvalue weighted by Gasteiger charge is 2.29. The molecule has 1 aliphatic carbocycles.